The molecule has 1 aliphatic heterocycles. The first kappa shape index (κ1) is 30.9. The van der Waals surface area contributed by atoms with Crippen molar-refractivity contribution >= 4 is 52.1 Å². The second-order valence-corrected chi connectivity index (χ2v) is 10.8. The summed E-state index contributed by atoms with van der Waals surface area (Å²) < 4.78 is 0. The molecule has 12 nitrogen and oxygen atoms in total. The number of oxime groups is 1. The number of carbonyl (C=O) groups is 4. The van der Waals surface area contributed by atoms with Gasteiger partial charge in [-0.15, -0.1) is 0 Å². The summed E-state index contributed by atoms with van der Waals surface area (Å²) in [5.74, 6) is -3.29. The van der Waals surface area contributed by atoms with E-state index in [0.29, 0.717) is 17.6 Å². The monoisotopic (exact) mass is 586 g/mol. The molecule has 3 aromatic rings. The van der Waals surface area contributed by atoms with Crippen LogP contribution in [0.25, 0.3) is 16.4 Å². The summed E-state index contributed by atoms with van der Waals surface area (Å²) in [5.41, 5.74) is 9.90. The Labute approximate surface area is 248 Å². The smallest absolute Gasteiger partial charge is 0.325 e. The maximum Gasteiger partial charge on any atom is 0.325 e. The van der Waals surface area contributed by atoms with E-state index in [-0.39, 0.29) is 31.1 Å². The number of ketones is 1. The number of fused-ring (bicyclic) bond motifs is 1. The average molecular weight is 587 g/mol. The Hall–Kier alpha value is -5.09. The lowest BCUT2D eigenvalue weighted by Crippen LogP contribution is -2.55. The van der Waals surface area contributed by atoms with Crippen molar-refractivity contribution in [3.8, 4) is 0 Å². The van der Waals surface area contributed by atoms with Gasteiger partial charge in [0, 0.05) is 36.4 Å². The molecule has 3 atom stereocenters. The number of aliphatic carboxylic acids is 1. The summed E-state index contributed by atoms with van der Waals surface area (Å²) in [6, 6.07) is 14.6. The molecule has 0 radical (unpaired) electrons. The van der Waals surface area contributed by atoms with E-state index in [1.165, 1.54) is 0 Å². The van der Waals surface area contributed by atoms with Crippen molar-refractivity contribution in [3.05, 3.63) is 71.9 Å². The van der Waals surface area contributed by atoms with Crippen LogP contribution in [-0.2, 0) is 30.4 Å². The highest BCUT2D eigenvalue weighted by molar-refractivity contribution is 6.28. The summed E-state index contributed by atoms with van der Waals surface area (Å²) in [5, 5.41) is 17.1. The van der Waals surface area contributed by atoms with Crippen LogP contribution in [0.15, 0.2) is 65.9 Å². The number of H-pyrrole nitrogens is 1. The van der Waals surface area contributed by atoms with Crippen LogP contribution in [0, 0.1) is 5.92 Å². The van der Waals surface area contributed by atoms with Gasteiger partial charge < -0.3 is 30.7 Å². The van der Waals surface area contributed by atoms with Crippen LogP contribution in [0.5, 0.6) is 0 Å². The highest BCUT2D eigenvalue weighted by Gasteiger charge is 2.51. The third kappa shape index (κ3) is 6.70. The maximum atomic E-state index is 13.9. The molecule has 12 heteroatoms. The summed E-state index contributed by atoms with van der Waals surface area (Å²) in [7, 11) is 0. The number of aromatic nitrogens is 1. The molecule has 0 aliphatic carbocycles. The number of Topliss-reactive ketones (excluding diaryl/α,β-unsaturated/α-hetero) is 1. The maximum absolute atomic E-state index is 13.9. The molecular weight excluding hydrogens is 552 g/mol. The normalized spacial score (nSPS) is 17.3. The number of aromatic amines is 1. The number of anilines is 1. The molecule has 3 N–H and O–H groups in total. The molecule has 43 heavy (non-hydrogen) atoms. The number of carbonyl (C=O) groups excluding carboxylic acids is 3. The second kappa shape index (κ2) is 13.3. The van der Waals surface area contributed by atoms with Crippen molar-refractivity contribution in [1.29, 1.82) is 0 Å². The Morgan fingerprint density at radius 1 is 1.16 bits per heavy atom. The number of amides is 2. The molecule has 1 unspecified atom stereocenters. The lowest BCUT2D eigenvalue weighted by Gasteiger charge is -2.34. The van der Waals surface area contributed by atoms with Crippen molar-refractivity contribution in [2.24, 2.45) is 11.1 Å². The minimum absolute atomic E-state index is 0.0332. The summed E-state index contributed by atoms with van der Waals surface area (Å²) in [6.45, 7) is 5.67. The number of nitrogens with zero attached hydrogens (tertiary/aromatic N) is 4. The molecular formula is C31H34N6O6. The molecule has 0 fully saturated rings. The lowest BCUT2D eigenvalue weighted by atomic mass is 9.84. The molecule has 0 saturated heterocycles. The molecule has 224 valence electrons. The number of hydrogen-bond donors (Lipinski definition) is 3. The average Bonchev–Trinajstić information content (AvgIpc) is 3.60. The third-order valence-corrected chi connectivity index (χ3v) is 7.41. The molecule has 0 saturated carbocycles. The first-order valence-electron chi connectivity index (χ1n) is 14.0. The standard InChI is InChI=1S/C31H34N6O6/c1-4-27(39)37(25-17-33-22-13-9-8-12-21(22)25)29(19(2)3)24-16-31(43-36-24,15-20-10-6-5-7-11-20)30(42)35-23(14-28(40)41)26(38)18-34-32/h5-13,17-19,23,29,33H,4,14-16H2,1-3H3,(H,35,42)(H,40,41)/t23-,29-,31?/m0/s1. The van der Waals surface area contributed by atoms with E-state index >= 15 is 0 Å². The predicted molar refractivity (Wildman–Crippen MR) is 160 cm³/mol. The molecule has 0 bridgehead atoms. The van der Waals surface area contributed by atoms with Crippen molar-refractivity contribution in [2.45, 2.75) is 64.1 Å². The molecule has 4 rings (SSSR count). The van der Waals surface area contributed by atoms with Crippen LogP contribution >= 0.6 is 0 Å². The Balaban J connectivity index is 1.74. The van der Waals surface area contributed by atoms with Crippen molar-refractivity contribution in [2.75, 3.05) is 4.90 Å². The van der Waals surface area contributed by atoms with Crippen molar-refractivity contribution in [3.63, 3.8) is 0 Å². The lowest BCUT2D eigenvalue weighted by molar-refractivity contribution is -0.147. The molecule has 1 aromatic heterocycles. The topological polar surface area (TPSA) is 178 Å². The first-order chi connectivity index (χ1) is 20.6. The molecule has 1 aliphatic rings. The summed E-state index contributed by atoms with van der Waals surface area (Å²) in [4.78, 5) is 65.0. The van der Waals surface area contributed by atoms with Gasteiger partial charge in [-0.3, -0.25) is 19.2 Å². The van der Waals surface area contributed by atoms with E-state index in [9.17, 15) is 24.3 Å². The number of hydrogen-bond acceptors (Lipinski definition) is 6. The van der Waals surface area contributed by atoms with Gasteiger partial charge in [0.05, 0.1) is 23.9 Å². The molecule has 2 aromatic carbocycles. The highest BCUT2D eigenvalue weighted by atomic mass is 16.7. The van der Waals surface area contributed by atoms with Crippen molar-refractivity contribution < 1.29 is 33.9 Å². The van der Waals surface area contributed by atoms with E-state index in [1.54, 1.807) is 18.0 Å². The van der Waals surface area contributed by atoms with Crippen LogP contribution in [-0.4, -0.2) is 68.1 Å². The molecule has 2 heterocycles. The SMILES string of the molecule is CCC(=O)N(c1c[nH]c2ccccc12)[C@H](C1=NOC(Cc2ccccc2)(C(=O)N[C@@H](CC(=O)O)C(=O)C=[N+]=[N-])C1)C(C)C. The number of carboxylic acids is 1. The van der Waals surface area contributed by atoms with E-state index in [1.807, 2.05) is 68.4 Å². The Morgan fingerprint density at radius 3 is 2.51 bits per heavy atom. The molecule has 2 amide bonds. The quantitative estimate of drug-likeness (QED) is 0.157. The van der Waals surface area contributed by atoms with Crippen LogP contribution in [0.3, 0.4) is 0 Å². The van der Waals surface area contributed by atoms with Gasteiger partial charge in [-0.05, 0) is 17.5 Å². The van der Waals surface area contributed by atoms with Gasteiger partial charge in [-0.1, -0.05) is 74.5 Å². The van der Waals surface area contributed by atoms with Gasteiger partial charge in [0.2, 0.25) is 11.5 Å². The van der Waals surface area contributed by atoms with E-state index in [4.69, 9.17) is 10.4 Å². The highest BCUT2D eigenvalue weighted by Crippen LogP contribution is 2.36. The fourth-order valence-electron chi connectivity index (χ4n) is 5.42. The minimum atomic E-state index is -1.65. The van der Waals surface area contributed by atoms with Gasteiger partial charge in [-0.25, -0.2) is 0 Å². The van der Waals surface area contributed by atoms with Crippen LogP contribution in [0.1, 0.15) is 45.6 Å². The van der Waals surface area contributed by atoms with Gasteiger partial charge in [0.25, 0.3) is 11.7 Å². The zero-order valence-corrected chi connectivity index (χ0v) is 24.2. The predicted octanol–water partition coefficient (Wildman–Crippen LogP) is 3.52. The van der Waals surface area contributed by atoms with Crippen LogP contribution in [0.2, 0.25) is 0 Å². The zero-order valence-electron chi connectivity index (χ0n) is 24.2. The largest absolute Gasteiger partial charge is 0.481 e. The Kier molecular flexibility index (Phi) is 9.52. The van der Waals surface area contributed by atoms with Gasteiger partial charge >= 0.3 is 12.2 Å². The molecule has 0 spiro atoms. The van der Waals surface area contributed by atoms with Crippen LogP contribution in [0.4, 0.5) is 5.69 Å². The number of rotatable bonds is 13. The Morgan fingerprint density at radius 2 is 1.86 bits per heavy atom. The fourth-order valence-corrected chi connectivity index (χ4v) is 5.42. The minimum Gasteiger partial charge on any atom is -0.481 e. The van der Waals surface area contributed by atoms with Gasteiger partial charge in [0.1, 0.15) is 6.04 Å². The summed E-state index contributed by atoms with van der Waals surface area (Å²) >= 11 is 0. The summed E-state index contributed by atoms with van der Waals surface area (Å²) in [6.07, 6.45) is 1.82. The van der Waals surface area contributed by atoms with Crippen molar-refractivity contribution in [1.82, 2.24) is 10.3 Å². The number of para-hydroxylation sites is 1. The Bertz CT molecular complexity index is 1590. The second-order valence-electron chi connectivity index (χ2n) is 10.8. The third-order valence-electron chi connectivity index (χ3n) is 7.41. The van der Waals surface area contributed by atoms with E-state index < -0.39 is 41.8 Å². The van der Waals surface area contributed by atoms with Gasteiger partial charge in [0.15, 0.2) is 0 Å². The van der Waals surface area contributed by atoms with E-state index in [2.05, 4.69) is 20.2 Å². The zero-order chi connectivity index (χ0) is 31.1. The van der Waals surface area contributed by atoms with Crippen LogP contribution < -0.4 is 10.2 Å². The number of carboxylic acid groups (broad SMARTS) is 1. The fraction of sp³-hybridized carbons (Fsp3) is 0.355. The first-order valence-corrected chi connectivity index (χ1v) is 14.0. The van der Waals surface area contributed by atoms with E-state index in [0.717, 1.165) is 16.5 Å². The number of nitrogens with one attached hydrogen (secondary N) is 2. The number of benzene rings is 2. The van der Waals surface area contributed by atoms with Gasteiger partial charge in [-0.2, -0.15) is 4.79 Å².